The van der Waals surface area contributed by atoms with Crippen LogP contribution in [0.4, 0.5) is 0 Å². The van der Waals surface area contributed by atoms with E-state index in [9.17, 15) is 0 Å². The Kier molecular flexibility index (Phi) is 12.1. The summed E-state index contributed by atoms with van der Waals surface area (Å²) in [5.41, 5.74) is 0.995. The fourth-order valence-corrected chi connectivity index (χ4v) is 4.80. The van der Waals surface area contributed by atoms with Gasteiger partial charge in [-0.05, 0) is 18.6 Å². The summed E-state index contributed by atoms with van der Waals surface area (Å²) >= 11 is 2.44. The van der Waals surface area contributed by atoms with Gasteiger partial charge in [0, 0.05) is 9.49 Å². The number of aliphatic hydroxyl groups is 1. The lowest BCUT2D eigenvalue weighted by Gasteiger charge is -2.20. The van der Waals surface area contributed by atoms with Crippen LogP contribution in [0, 0.1) is 0 Å². The molecule has 3 nitrogen and oxygen atoms in total. The highest BCUT2D eigenvalue weighted by Gasteiger charge is 2.30. The molecule has 0 amide bonds. The van der Waals surface area contributed by atoms with Gasteiger partial charge in [0.05, 0.1) is 6.10 Å². The first-order valence-electron chi connectivity index (χ1n) is 12.2. The second-order valence-electron chi connectivity index (χ2n) is 8.34. The highest BCUT2D eigenvalue weighted by molar-refractivity contribution is 14.1. The van der Waals surface area contributed by atoms with Crippen molar-refractivity contribution in [1.82, 2.24) is 0 Å². The minimum absolute atomic E-state index is 0.0862. The van der Waals surface area contributed by atoms with Gasteiger partial charge in [0.25, 0.3) is 0 Å². The van der Waals surface area contributed by atoms with E-state index in [1.54, 1.807) is 0 Å². The largest absolute Gasteiger partial charge is 0.475 e. The molecule has 164 valence electrons. The van der Waals surface area contributed by atoms with Crippen LogP contribution in [0.25, 0.3) is 0 Å². The summed E-state index contributed by atoms with van der Waals surface area (Å²) < 4.78 is 13.6. The molecule has 3 atom stereocenters. The zero-order valence-electron chi connectivity index (χ0n) is 19.2. The van der Waals surface area contributed by atoms with E-state index in [4.69, 9.17) is 16.3 Å². The zero-order chi connectivity index (χ0) is 21.4. The molecular weight excluding hydrogens is 473 g/mol. The maximum absolute atomic E-state index is 7.56. The fraction of sp³-hybridized carbons (Fsp3) is 0.720. The van der Waals surface area contributed by atoms with Crippen molar-refractivity contribution in [3.05, 3.63) is 35.9 Å². The number of aliphatic imine (C=N–C) groups is 1. The van der Waals surface area contributed by atoms with Gasteiger partial charge in [-0.3, -0.25) is 0 Å². The number of halogens is 1. The smallest absolute Gasteiger partial charge is 0.216 e. The predicted octanol–water partition coefficient (Wildman–Crippen LogP) is 7.09. The molecule has 0 bridgehead atoms. The lowest BCUT2D eigenvalue weighted by Crippen LogP contribution is -2.33. The van der Waals surface area contributed by atoms with Crippen LogP contribution >= 0.6 is 22.6 Å². The molecule has 1 aliphatic rings. The monoisotopic (exact) mass is 515 g/mol. The van der Waals surface area contributed by atoms with Gasteiger partial charge in [-0.25, -0.2) is 4.99 Å². The summed E-state index contributed by atoms with van der Waals surface area (Å²) in [4.78, 5) is 4.70. The summed E-state index contributed by atoms with van der Waals surface area (Å²) in [6.45, 7) is 2.78. The molecule has 0 saturated carbocycles. The van der Waals surface area contributed by atoms with Crippen molar-refractivity contribution >= 4 is 28.5 Å². The Hall–Kier alpha value is -0.620. The zero-order valence-corrected chi connectivity index (χ0v) is 20.3. The van der Waals surface area contributed by atoms with Gasteiger partial charge in [0.2, 0.25) is 7.33 Å². The molecule has 0 aliphatic carbocycles. The van der Waals surface area contributed by atoms with Crippen LogP contribution in [0.15, 0.2) is 35.3 Å². The third-order valence-corrected chi connectivity index (χ3v) is 7.10. The minimum Gasteiger partial charge on any atom is -0.475 e. The number of aliphatic hydroxyl groups excluding tert-OH is 1. The second-order valence-corrected chi connectivity index (χ2v) is 9.94. The average molecular weight is 516 g/mol. The molecule has 1 aromatic rings. The topological polar surface area (TPSA) is 41.8 Å². The lowest BCUT2D eigenvalue weighted by atomic mass is 10.0. The number of ether oxygens (including phenoxy) is 1. The predicted molar refractivity (Wildman–Crippen MR) is 132 cm³/mol. The molecule has 1 aliphatic heterocycles. The normalized spacial score (nSPS) is 18.8. The molecule has 29 heavy (non-hydrogen) atoms. The van der Waals surface area contributed by atoms with E-state index in [-0.39, 0.29) is 16.1 Å². The van der Waals surface area contributed by atoms with Gasteiger partial charge in [0.1, 0.15) is 12.6 Å². The number of unbranched alkanes of at least 4 members (excludes halogenated alkanes) is 11. The highest BCUT2D eigenvalue weighted by Crippen LogP contribution is 2.23. The van der Waals surface area contributed by atoms with E-state index in [0.717, 1.165) is 12.0 Å². The fourth-order valence-electron chi connectivity index (χ4n) is 3.88. The average Bonchev–Trinajstić information content (AvgIpc) is 3.25. The van der Waals surface area contributed by atoms with Gasteiger partial charge in [-0.2, -0.15) is 0 Å². The summed E-state index contributed by atoms with van der Waals surface area (Å²) in [6, 6.07) is 9.89. The number of rotatable bonds is 17. The molecule has 4 heteroatoms. The second kappa shape index (κ2) is 15.2. The van der Waals surface area contributed by atoms with Crippen LogP contribution < -0.4 is 0 Å². The molecule has 0 saturated heterocycles. The van der Waals surface area contributed by atoms with Crippen molar-refractivity contribution in [2.45, 2.75) is 106 Å². The molecule has 1 N–H and O–H groups in total. The first-order chi connectivity index (χ1) is 14.8. The first kappa shape index (κ1) is 23.1. The Morgan fingerprint density at radius 1 is 1.00 bits per heavy atom. The summed E-state index contributed by atoms with van der Waals surface area (Å²) in [7, 11) is 0. The van der Waals surface area contributed by atoms with Crippen molar-refractivity contribution in [3.63, 3.8) is 0 Å². The molecule has 0 aromatic heterocycles. The van der Waals surface area contributed by atoms with Crippen LogP contribution in [0.2, 0.25) is 0 Å². The van der Waals surface area contributed by atoms with Crippen LogP contribution in [0.3, 0.4) is 0 Å². The molecule has 1 heterocycles. The standard InChI is InChI=1S/C25H40INO2/c1-2-3-4-5-6-7-8-9-10-11-12-16-19-22(26)24(28)23-20-29-25(27-23)21-17-14-13-15-18-21/h13-15,17-18,22-24,28H,2-12,16,19-20H2,1H3/t22-,23+,24-/m1/s1/i28T. The molecule has 0 unspecified atom stereocenters. The third kappa shape index (κ3) is 9.82. The van der Waals surface area contributed by atoms with E-state index < -0.39 is 0 Å². The number of benzene rings is 1. The SMILES string of the molecule is [3H]O[C@H]([C@H](I)CCCCCCCCCCCCCC)[C@@H]1COC(c2ccccc2)=N1. The third-order valence-electron chi connectivity index (χ3n) is 5.76. The molecule has 2 rings (SSSR count). The molecular formula is C25H40INO2. The Bertz CT molecular complexity index is 584. The van der Waals surface area contributed by atoms with E-state index in [1.807, 2.05) is 30.3 Å². The lowest BCUT2D eigenvalue weighted by molar-refractivity contribution is 0.127. The Morgan fingerprint density at radius 2 is 1.59 bits per heavy atom. The number of alkyl halides is 1. The molecule has 0 spiro atoms. The van der Waals surface area contributed by atoms with Crippen molar-refractivity contribution in [2.75, 3.05) is 6.61 Å². The van der Waals surface area contributed by atoms with Crippen LogP contribution in [0.1, 0.15) is 96.0 Å². The first-order valence-corrected chi connectivity index (χ1v) is 13.0. The van der Waals surface area contributed by atoms with Crippen LogP contribution in [0.5, 0.6) is 0 Å². The van der Waals surface area contributed by atoms with Gasteiger partial charge >= 0.3 is 0 Å². The number of nitrogens with zero attached hydrogens (tertiary/aromatic N) is 1. The van der Waals surface area contributed by atoms with Crippen LogP contribution in [-0.2, 0) is 4.74 Å². The molecule has 0 radical (unpaired) electrons. The minimum atomic E-state index is -0.209. The van der Waals surface area contributed by atoms with E-state index in [1.165, 1.54) is 77.0 Å². The van der Waals surface area contributed by atoms with Gasteiger partial charge in [-0.15, -0.1) is 0 Å². The Balaban J connectivity index is 1.56. The summed E-state index contributed by atoms with van der Waals surface area (Å²) in [5, 5.41) is 5.09. The maximum Gasteiger partial charge on any atom is 0.216 e. The van der Waals surface area contributed by atoms with Crippen molar-refractivity contribution < 1.29 is 9.85 Å². The van der Waals surface area contributed by atoms with Crippen molar-refractivity contribution in [3.8, 4) is 0 Å². The van der Waals surface area contributed by atoms with Gasteiger partial charge < -0.3 is 9.85 Å². The van der Waals surface area contributed by atoms with E-state index in [2.05, 4.69) is 29.5 Å². The Labute approximate surface area is 193 Å². The number of hydrogen-bond acceptors (Lipinski definition) is 3. The quantitative estimate of drug-likeness (QED) is 0.137. The summed E-state index contributed by atoms with van der Waals surface area (Å²) in [6.07, 6.45) is 17.2. The van der Waals surface area contributed by atoms with E-state index >= 15 is 0 Å². The number of hydrogen-bond donors (Lipinski definition) is 1. The summed E-state index contributed by atoms with van der Waals surface area (Å²) in [5.74, 6) is 0.677. The van der Waals surface area contributed by atoms with Crippen LogP contribution in [-0.4, -0.2) is 35.1 Å². The van der Waals surface area contributed by atoms with Crippen molar-refractivity contribution in [2.24, 2.45) is 4.99 Å². The Morgan fingerprint density at radius 3 is 2.17 bits per heavy atom. The molecule has 0 fully saturated rings. The van der Waals surface area contributed by atoms with Gasteiger partial charge in [-0.1, -0.05) is 125 Å². The maximum atomic E-state index is 7.56. The van der Waals surface area contributed by atoms with Crippen molar-refractivity contribution in [1.29, 1.82) is 1.43 Å². The molecule has 1 aromatic carbocycles. The highest BCUT2D eigenvalue weighted by atomic mass is 127. The van der Waals surface area contributed by atoms with Gasteiger partial charge in [0.15, 0.2) is 0 Å². The van der Waals surface area contributed by atoms with E-state index in [0.29, 0.717) is 12.5 Å².